The van der Waals surface area contributed by atoms with E-state index < -0.39 is 21.0 Å². The van der Waals surface area contributed by atoms with E-state index in [9.17, 15) is 12.8 Å². The van der Waals surface area contributed by atoms with Crippen molar-refractivity contribution >= 4 is 33.2 Å². The van der Waals surface area contributed by atoms with Crippen molar-refractivity contribution in [1.82, 2.24) is 4.90 Å². The van der Waals surface area contributed by atoms with Crippen LogP contribution in [0, 0.1) is 5.82 Å². The molecule has 2 rings (SSSR count). The Morgan fingerprint density at radius 2 is 2.24 bits per heavy atom. The summed E-state index contributed by atoms with van der Waals surface area (Å²) in [6, 6.07) is 3.87. The topological polar surface area (TPSA) is 63.4 Å². The molecule has 118 valence electrons. The molecular formula is C13H18ClFN2O2S2. The predicted molar refractivity (Wildman–Crippen MR) is 85.9 cm³/mol. The Morgan fingerprint density at radius 3 is 2.81 bits per heavy atom. The molecule has 2 unspecified atom stereocenters. The van der Waals surface area contributed by atoms with Gasteiger partial charge >= 0.3 is 0 Å². The van der Waals surface area contributed by atoms with E-state index >= 15 is 0 Å². The Balaban J connectivity index is 2.38. The maximum absolute atomic E-state index is 13.6. The molecule has 0 amide bonds. The number of nitrogens with two attached hydrogens (primary N) is 1. The largest absolute Gasteiger partial charge is 0.329 e. The minimum Gasteiger partial charge on any atom is -0.329 e. The van der Waals surface area contributed by atoms with Crippen molar-refractivity contribution in [3.8, 4) is 0 Å². The van der Waals surface area contributed by atoms with Gasteiger partial charge in [0.25, 0.3) is 0 Å². The first-order valence-electron chi connectivity index (χ1n) is 6.51. The second-order valence-electron chi connectivity index (χ2n) is 5.05. The van der Waals surface area contributed by atoms with Crippen LogP contribution >= 0.6 is 23.4 Å². The zero-order chi connectivity index (χ0) is 15.6. The van der Waals surface area contributed by atoms with E-state index in [0.717, 1.165) is 5.75 Å². The van der Waals surface area contributed by atoms with Crippen LogP contribution in [0.2, 0.25) is 5.02 Å². The maximum atomic E-state index is 13.6. The molecule has 2 N–H and O–H groups in total. The molecule has 1 heterocycles. The van der Waals surface area contributed by atoms with Gasteiger partial charge in [0.2, 0.25) is 0 Å². The van der Waals surface area contributed by atoms with Crippen LogP contribution in [-0.2, 0) is 9.84 Å². The van der Waals surface area contributed by atoms with Crippen molar-refractivity contribution < 1.29 is 12.8 Å². The van der Waals surface area contributed by atoms with Gasteiger partial charge in [-0.1, -0.05) is 11.6 Å². The van der Waals surface area contributed by atoms with Crippen molar-refractivity contribution in [3.63, 3.8) is 0 Å². The quantitative estimate of drug-likeness (QED) is 0.896. The molecule has 0 aliphatic carbocycles. The number of hydrogen-bond acceptors (Lipinski definition) is 5. The van der Waals surface area contributed by atoms with Gasteiger partial charge in [0.1, 0.15) is 11.2 Å². The molecule has 0 spiro atoms. The first-order chi connectivity index (χ1) is 9.82. The van der Waals surface area contributed by atoms with Crippen LogP contribution in [0.15, 0.2) is 18.2 Å². The van der Waals surface area contributed by atoms with Crippen LogP contribution in [0.1, 0.15) is 11.6 Å². The summed E-state index contributed by atoms with van der Waals surface area (Å²) in [5.41, 5.74) is 6.45. The summed E-state index contributed by atoms with van der Waals surface area (Å²) < 4.78 is 37.5. The van der Waals surface area contributed by atoms with Gasteiger partial charge in [-0.25, -0.2) is 12.8 Å². The number of benzene rings is 1. The van der Waals surface area contributed by atoms with Gasteiger partial charge in [0, 0.05) is 41.9 Å². The van der Waals surface area contributed by atoms with Gasteiger partial charge in [-0.2, -0.15) is 11.8 Å². The van der Waals surface area contributed by atoms with E-state index in [4.69, 9.17) is 17.3 Å². The highest BCUT2D eigenvalue weighted by atomic mass is 35.5. The van der Waals surface area contributed by atoms with Crippen LogP contribution in [0.25, 0.3) is 0 Å². The van der Waals surface area contributed by atoms with Crippen LogP contribution in [0.5, 0.6) is 0 Å². The standard InChI is InChI=1S/C13H18ClFN2O2S2/c1-21(18,19)13-8-20-3-2-17(13)12(7-16)9-4-10(14)6-11(15)5-9/h4-6,12-13H,2-3,7-8,16H2,1H3. The van der Waals surface area contributed by atoms with Crippen LogP contribution in [0.3, 0.4) is 0 Å². The lowest BCUT2D eigenvalue weighted by atomic mass is 10.0. The zero-order valence-electron chi connectivity index (χ0n) is 11.6. The molecule has 8 heteroatoms. The minimum absolute atomic E-state index is 0.205. The van der Waals surface area contributed by atoms with Gasteiger partial charge in [-0.3, -0.25) is 4.90 Å². The summed E-state index contributed by atoms with van der Waals surface area (Å²) in [7, 11) is -3.24. The first kappa shape index (κ1) is 17.0. The van der Waals surface area contributed by atoms with E-state index in [1.807, 2.05) is 4.90 Å². The van der Waals surface area contributed by atoms with Crippen molar-refractivity contribution in [2.45, 2.75) is 11.4 Å². The Bertz CT molecular complexity index is 592. The molecule has 21 heavy (non-hydrogen) atoms. The third-order valence-electron chi connectivity index (χ3n) is 3.51. The van der Waals surface area contributed by atoms with E-state index in [1.165, 1.54) is 18.4 Å². The highest BCUT2D eigenvalue weighted by Gasteiger charge is 2.35. The molecule has 4 nitrogen and oxygen atoms in total. The van der Waals surface area contributed by atoms with Crippen molar-refractivity contribution in [1.29, 1.82) is 0 Å². The molecule has 1 aliphatic heterocycles. The van der Waals surface area contributed by atoms with Crippen LogP contribution in [-0.4, -0.2) is 49.5 Å². The Morgan fingerprint density at radius 1 is 1.52 bits per heavy atom. The van der Waals surface area contributed by atoms with Gasteiger partial charge in [-0.15, -0.1) is 0 Å². The summed E-state index contributed by atoms with van der Waals surface area (Å²) >= 11 is 7.50. The average Bonchev–Trinajstić information content (AvgIpc) is 2.38. The number of hydrogen-bond donors (Lipinski definition) is 1. The lowest BCUT2D eigenvalue weighted by Crippen LogP contribution is -2.50. The number of rotatable bonds is 4. The third kappa shape index (κ3) is 4.10. The normalized spacial score (nSPS) is 22.2. The summed E-state index contributed by atoms with van der Waals surface area (Å²) in [4.78, 5) is 1.84. The average molecular weight is 353 g/mol. The van der Waals surface area contributed by atoms with E-state index in [1.54, 1.807) is 17.8 Å². The molecule has 1 fully saturated rings. The van der Waals surface area contributed by atoms with E-state index in [2.05, 4.69) is 0 Å². The molecule has 1 aromatic carbocycles. The third-order valence-corrected chi connectivity index (χ3v) is 6.39. The summed E-state index contributed by atoms with van der Waals surface area (Å²) in [5.74, 6) is 0.877. The molecule has 0 radical (unpaired) electrons. The van der Waals surface area contributed by atoms with Gasteiger partial charge < -0.3 is 5.73 Å². The predicted octanol–water partition coefficient (Wildman–Crippen LogP) is 1.90. The molecule has 0 bridgehead atoms. The first-order valence-corrected chi connectivity index (χ1v) is 10.00. The van der Waals surface area contributed by atoms with Crippen LogP contribution < -0.4 is 5.73 Å². The number of nitrogens with zero attached hydrogens (tertiary/aromatic N) is 1. The molecule has 0 saturated carbocycles. The highest BCUT2D eigenvalue weighted by molar-refractivity contribution is 8.00. The molecule has 1 saturated heterocycles. The fourth-order valence-electron chi connectivity index (χ4n) is 2.55. The number of thioether (sulfide) groups is 1. The van der Waals surface area contributed by atoms with Gasteiger partial charge in [0.05, 0.1) is 0 Å². The fourth-order valence-corrected chi connectivity index (χ4v) is 5.70. The van der Waals surface area contributed by atoms with Crippen molar-refractivity contribution in [2.75, 3.05) is 30.9 Å². The molecule has 2 atom stereocenters. The molecule has 0 aromatic heterocycles. The maximum Gasteiger partial charge on any atom is 0.164 e. The minimum atomic E-state index is -3.24. The Kier molecular flexibility index (Phi) is 5.54. The lowest BCUT2D eigenvalue weighted by Gasteiger charge is -2.39. The fraction of sp³-hybridized carbons (Fsp3) is 0.538. The van der Waals surface area contributed by atoms with Gasteiger partial charge in [0.15, 0.2) is 9.84 Å². The van der Waals surface area contributed by atoms with E-state index in [0.29, 0.717) is 17.9 Å². The van der Waals surface area contributed by atoms with Crippen LogP contribution in [0.4, 0.5) is 4.39 Å². The molecule has 1 aromatic rings. The number of halogens is 2. The second kappa shape index (κ2) is 6.83. The Hall–Kier alpha value is -0.340. The lowest BCUT2D eigenvalue weighted by molar-refractivity contribution is 0.197. The monoisotopic (exact) mass is 352 g/mol. The molecule has 1 aliphatic rings. The Labute approximate surface area is 133 Å². The second-order valence-corrected chi connectivity index (χ2v) is 8.84. The summed E-state index contributed by atoms with van der Waals surface area (Å²) in [6.45, 7) is 0.800. The SMILES string of the molecule is CS(=O)(=O)C1CSCCN1C(CN)c1cc(F)cc(Cl)c1. The van der Waals surface area contributed by atoms with Gasteiger partial charge in [-0.05, 0) is 23.8 Å². The molecular weight excluding hydrogens is 335 g/mol. The van der Waals surface area contributed by atoms with Crippen molar-refractivity contribution in [2.24, 2.45) is 5.73 Å². The summed E-state index contributed by atoms with van der Waals surface area (Å²) in [5, 5.41) is -0.322. The number of sulfone groups is 1. The van der Waals surface area contributed by atoms with E-state index in [-0.39, 0.29) is 17.6 Å². The highest BCUT2D eigenvalue weighted by Crippen LogP contribution is 2.31. The zero-order valence-corrected chi connectivity index (χ0v) is 14.0. The van der Waals surface area contributed by atoms with Crippen molar-refractivity contribution in [3.05, 3.63) is 34.6 Å². The summed E-state index contributed by atoms with van der Waals surface area (Å²) in [6.07, 6.45) is 1.22. The smallest absolute Gasteiger partial charge is 0.164 e.